The first-order chi connectivity index (χ1) is 10.8. The summed E-state index contributed by atoms with van der Waals surface area (Å²) < 4.78 is 33.7. The number of benzene rings is 1. The van der Waals surface area contributed by atoms with E-state index < -0.39 is 16.2 Å². The first kappa shape index (κ1) is 17.9. The Bertz CT molecular complexity index is 674. The van der Waals surface area contributed by atoms with E-state index in [1.54, 1.807) is 26.2 Å². The van der Waals surface area contributed by atoms with Crippen LogP contribution in [0.2, 0.25) is 0 Å². The molecule has 1 aromatic carbocycles. The molecule has 0 bridgehead atoms. The summed E-state index contributed by atoms with van der Waals surface area (Å²) in [5.41, 5.74) is 1.55. The normalized spacial score (nSPS) is 19.1. The van der Waals surface area contributed by atoms with Crippen LogP contribution in [0.4, 0.5) is 0 Å². The molecule has 1 saturated heterocycles. The van der Waals surface area contributed by atoms with E-state index >= 15 is 0 Å². The molecule has 2 rings (SSSR count). The third-order valence-electron chi connectivity index (χ3n) is 3.97. The van der Waals surface area contributed by atoms with Crippen molar-refractivity contribution in [2.24, 2.45) is 5.92 Å². The number of nitrogens with zero attached hydrogens (tertiary/aromatic N) is 1. The maximum absolute atomic E-state index is 12.3. The Labute approximate surface area is 136 Å². The molecule has 0 radical (unpaired) electrons. The van der Waals surface area contributed by atoms with E-state index in [2.05, 4.69) is 4.72 Å². The fraction of sp³-hybridized carbons (Fsp3) is 0.533. The van der Waals surface area contributed by atoms with E-state index in [1.165, 1.54) is 10.4 Å². The number of hydrogen-bond acceptors (Lipinski definition) is 4. The number of ether oxygens (including phenoxy) is 1. The Morgan fingerprint density at radius 1 is 1.48 bits per heavy atom. The van der Waals surface area contributed by atoms with Crippen LogP contribution in [0.15, 0.2) is 18.2 Å². The van der Waals surface area contributed by atoms with Gasteiger partial charge < -0.3 is 9.84 Å². The van der Waals surface area contributed by atoms with Gasteiger partial charge in [0.15, 0.2) is 0 Å². The smallest absolute Gasteiger partial charge is 0.335 e. The Hall–Kier alpha value is -1.48. The first-order valence-electron chi connectivity index (χ1n) is 7.40. The highest BCUT2D eigenvalue weighted by molar-refractivity contribution is 7.87. The van der Waals surface area contributed by atoms with E-state index in [0.29, 0.717) is 25.3 Å². The van der Waals surface area contributed by atoms with Crippen LogP contribution >= 0.6 is 0 Å². The molecular formula is C15H22N2O5S. The van der Waals surface area contributed by atoms with Crippen LogP contribution in [0.25, 0.3) is 0 Å². The van der Waals surface area contributed by atoms with E-state index in [-0.39, 0.29) is 18.0 Å². The van der Waals surface area contributed by atoms with Gasteiger partial charge in [-0.1, -0.05) is 12.1 Å². The highest BCUT2D eigenvalue weighted by Crippen LogP contribution is 2.19. The van der Waals surface area contributed by atoms with Crippen LogP contribution < -0.4 is 4.72 Å². The Morgan fingerprint density at radius 3 is 2.83 bits per heavy atom. The number of hydrogen-bond donors (Lipinski definition) is 2. The van der Waals surface area contributed by atoms with E-state index in [9.17, 15) is 13.2 Å². The van der Waals surface area contributed by atoms with Crippen LogP contribution in [0.1, 0.15) is 27.9 Å². The van der Waals surface area contributed by atoms with Gasteiger partial charge in [-0.05, 0) is 36.5 Å². The minimum Gasteiger partial charge on any atom is -0.478 e. The topological polar surface area (TPSA) is 95.9 Å². The molecule has 0 saturated carbocycles. The maximum Gasteiger partial charge on any atom is 0.335 e. The molecule has 0 spiro atoms. The van der Waals surface area contributed by atoms with Gasteiger partial charge in [0.1, 0.15) is 0 Å². The van der Waals surface area contributed by atoms with Crippen LogP contribution in [0.5, 0.6) is 0 Å². The van der Waals surface area contributed by atoms with Crippen molar-refractivity contribution in [1.29, 1.82) is 0 Å². The van der Waals surface area contributed by atoms with Crippen molar-refractivity contribution < 1.29 is 23.1 Å². The average molecular weight is 342 g/mol. The standard InChI is InChI=1S/C15H22N2O5S/c1-11-7-12(3-4-14(11)15(18)19)8-16-23(20,21)17-6-5-13(9-17)10-22-2/h3-4,7,13,16H,5-6,8-10H2,1-2H3,(H,18,19). The second kappa shape index (κ2) is 7.39. The predicted molar refractivity (Wildman–Crippen MR) is 85.5 cm³/mol. The third kappa shape index (κ3) is 4.51. The largest absolute Gasteiger partial charge is 0.478 e. The molecule has 128 valence electrons. The SMILES string of the molecule is COCC1CCN(S(=O)(=O)NCc2ccc(C(=O)O)c(C)c2)C1. The molecule has 23 heavy (non-hydrogen) atoms. The Morgan fingerprint density at radius 2 is 2.22 bits per heavy atom. The Balaban J connectivity index is 1.97. The van der Waals surface area contributed by atoms with Crippen molar-refractivity contribution in [3.63, 3.8) is 0 Å². The minimum absolute atomic E-state index is 0.133. The number of carbonyl (C=O) groups is 1. The number of carboxylic acid groups (broad SMARTS) is 1. The lowest BCUT2D eigenvalue weighted by molar-refractivity contribution is 0.0696. The summed E-state index contributed by atoms with van der Waals surface area (Å²) in [4.78, 5) is 11.0. The molecule has 1 unspecified atom stereocenters. The zero-order valence-corrected chi connectivity index (χ0v) is 14.1. The summed E-state index contributed by atoms with van der Waals surface area (Å²) >= 11 is 0. The molecule has 8 heteroatoms. The maximum atomic E-state index is 12.3. The summed E-state index contributed by atoms with van der Waals surface area (Å²) in [5, 5.41) is 9.00. The van der Waals surface area contributed by atoms with E-state index in [4.69, 9.17) is 9.84 Å². The van der Waals surface area contributed by atoms with Gasteiger partial charge >= 0.3 is 5.97 Å². The zero-order chi connectivity index (χ0) is 17.0. The number of methoxy groups -OCH3 is 1. The number of nitrogens with one attached hydrogen (secondary N) is 1. The number of carboxylic acids is 1. The highest BCUT2D eigenvalue weighted by Gasteiger charge is 2.30. The van der Waals surface area contributed by atoms with Crippen molar-refractivity contribution in [1.82, 2.24) is 9.03 Å². The molecule has 0 aromatic heterocycles. The molecule has 1 atom stereocenters. The third-order valence-corrected chi connectivity index (χ3v) is 5.49. The number of aryl methyl sites for hydroxylation is 1. The minimum atomic E-state index is -3.54. The quantitative estimate of drug-likeness (QED) is 0.770. The summed E-state index contributed by atoms with van der Waals surface area (Å²) in [6, 6.07) is 4.80. The number of aromatic carboxylic acids is 1. The Kier molecular flexibility index (Phi) is 5.74. The monoisotopic (exact) mass is 342 g/mol. The summed E-state index contributed by atoms with van der Waals surface area (Å²) in [6.45, 7) is 3.33. The summed E-state index contributed by atoms with van der Waals surface area (Å²) in [6.07, 6.45) is 0.793. The molecule has 1 fully saturated rings. The number of rotatable bonds is 7. The molecule has 1 heterocycles. The first-order valence-corrected chi connectivity index (χ1v) is 8.84. The van der Waals surface area contributed by atoms with Gasteiger partial charge in [0.05, 0.1) is 12.2 Å². The summed E-state index contributed by atoms with van der Waals surface area (Å²) in [5.74, 6) is -0.760. The lowest BCUT2D eigenvalue weighted by Gasteiger charge is -2.17. The van der Waals surface area contributed by atoms with Crippen LogP contribution in [-0.2, 0) is 21.5 Å². The van der Waals surface area contributed by atoms with Crippen LogP contribution in [0, 0.1) is 12.8 Å². The predicted octanol–water partition coefficient (Wildman–Crippen LogP) is 0.996. The van der Waals surface area contributed by atoms with Crippen molar-refractivity contribution in [2.45, 2.75) is 19.9 Å². The van der Waals surface area contributed by atoms with Crippen molar-refractivity contribution in [3.8, 4) is 0 Å². The summed E-state index contributed by atoms with van der Waals surface area (Å²) in [7, 11) is -1.93. The second-order valence-electron chi connectivity index (χ2n) is 5.75. The van der Waals surface area contributed by atoms with Crippen molar-refractivity contribution >= 4 is 16.2 Å². The van der Waals surface area contributed by atoms with E-state index in [0.717, 1.165) is 12.0 Å². The van der Waals surface area contributed by atoms with Gasteiger partial charge in [-0.25, -0.2) is 4.79 Å². The molecular weight excluding hydrogens is 320 g/mol. The van der Waals surface area contributed by atoms with Crippen molar-refractivity contribution in [3.05, 3.63) is 34.9 Å². The van der Waals surface area contributed by atoms with Gasteiger partial charge in [-0.3, -0.25) is 0 Å². The van der Waals surface area contributed by atoms with Crippen LogP contribution in [0.3, 0.4) is 0 Å². The molecule has 1 aromatic rings. The van der Waals surface area contributed by atoms with Gasteiger partial charge in [0, 0.05) is 26.7 Å². The van der Waals surface area contributed by atoms with Gasteiger partial charge in [-0.2, -0.15) is 17.4 Å². The lowest BCUT2D eigenvalue weighted by atomic mass is 10.1. The lowest BCUT2D eigenvalue weighted by Crippen LogP contribution is -2.39. The molecule has 1 aliphatic heterocycles. The van der Waals surface area contributed by atoms with E-state index in [1.807, 2.05) is 0 Å². The highest BCUT2D eigenvalue weighted by atomic mass is 32.2. The molecule has 2 N–H and O–H groups in total. The van der Waals surface area contributed by atoms with Gasteiger partial charge in [0.25, 0.3) is 10.2 Å². The van der Waals surface area contributed by atoms with Gasteiger partial charge in [-0.15, -0.1) is 0 Å². The molecule has 0 aliphatic carbocycles. The van der Waals surface area contributed by atoms with Gasteiger partial charge in [0.2, 0.25) is 0 Å². The zero-order valence-electron chi connectivity index (χ0n) is 13.3. The average Bonchev–Trinajstić information content (AvgIpc) is 2.95. The van der Waals surface area contributed by atoms with Crippen molar-refractivity contribution in [2.75, 3.05) is 26.8 Å². The molecule has 7 nitrogen and oxygen atoms in total. The molecule has 0 amide bonds. The van der Waals surface area contributed by atoms with Crippen LogP contribution in [-0.4, -0.2) is 50.6 Å². The fourth-order valence-electron chi connectivity index (χ4n) is 2.73. The fourth-order valence-corrected chi connectivity index (χ4v) is 4.01. The second-order valence-corrected chi connectivity index (χ2v) is 7.50. The molecule has 1 aliphatic rings.